The molecule has 2 N–H and O–H groups in total. The molecule has 1 heterocycles. The van der Waals surface area contributed by atoms with Crippen molar-refractivity contribution < 1.29 is 9.53 Å². The van der Waals surface area contributed by atoms with Crippen molar-refractivity contribution in [1.29, 1.82) is 0 Å². The van der Waals surface area contributed by atoms with E-state index in [-0.39, 0.29) is 5.91 Å². The monoisotopic (exact) mass is 322 g/mol. The van der Waals surface area contributed by atoms with Crippen LogP contribution in [0.5, 0.6) is 5.75 Å². The van der Waals surface area contributed by atoms with Crippen LogP contribution in [-0.2, 0) is 4.79 Å². The van der Waals surface area contributed by atoms with Gasteiger partial charge < -0.3 is 15.4 Å². The van der Waals surface area contributed by atoms with Crippen molar-refractivity contribution in [1.82, 2.24) is 9.97 Å². The van der Waals surface area contributed by atoms with Gasteiger partial charge in [-0.3, -0.25) is 4.79 Å². The largest absolute Gasteiger partial charge is 0.497 e. The lowest BCUT2D eigenvalue weighted by atomic mass is 10.2. The van der Waals surface area contributed by atoms with Gasteiger partial charge in [0, 0.05) is 30.1 Å². The fourth-order valence-electron chi connectivity index (χ4n) is 2.36. The number of anilines is 2. The van der Waals surface area contributed by atoms with Crippen LogP contribution in [0.15, 0.2) is 54.9 Å². The number of hydrogen-bond acceptors (Lipinski definition) is 5. The molecule has 0 unspecified atom stereocenters. The number of ether oxygens (including phenoxy) is 1. The number of fused-ring (bicyclic) bond motifs is 1. The van der Waals surface area contributed by atoms with Crippen LogP contribution in [-0.4, -0.2) is 29.5 Å². The number of carbonyl (C=O) groups excluding carboxylic acids is 1. The van der Waals surface area contributed by atoms with Crippen LogP contribution < -0.4 is 15.4 Å². The van der Waals surface area contributed by atoms with Crippen molar-refractivity contribution in [2.24, 2.45) is 0 Å². The minimum Gasteiger partial charge on any atom is -0.497 e. The number of benzene rings is 2. The predicted molar refractivity (Wildman–Crippen MR) is 94.3 cm³/mol. The van der Waals surface area contributed by atoms with Gasteiger partial charge in [0.15, 0.2) is 0 Å². The number of hydrogen-bond donors (Lipinski definition) is 2. The molecule has 0 saturated carbocycles. The maximum absolute atomic E-state index is 12.0. The molecule has 122 valence electrons. The normalized spacial score (nSPS) is 10.4. The Hall–Kier alpha value is -3.15. The van der Waals surface area contributed by atoms with Crippen LogP contribution in [0.1, 0.15) is 6.42 Å². The first-order valence-electron chi connectivity index (χ1n) is 7.64. The highest BCUT2D eigenvalue weighted by molar-refractivity contribution is 5.92. The number of nitrogens with zero attached hydrogens (tertiary/aromatic N) is 2. The predicted octanol–water partition coefficient (Wildman–Crippen LogP) is 3.08. The van der Waals surface area contributed by atoms with Gasteiger partial charge in [-0.2, -0.15) is 0 Å². The Labute approximate surface area is 139 Å². The number of aromatic nitrogens is 2. The molecule has 0 aliphatic rings. The third-order valence-electron chi connectivity index (χ3n) is 3.54. The second-order valence-corrected chi connectivity index (χ2v) is 5.20. The molecule has 6 nitrogen and oxygen atoms in total. The zero-order chi connectivity index (χ0) is 16.8. The summed E-state index contributed by atoms with van der Waals surface area (Å²) in [6.07, 6.45) is 1.84. The minimum atomic E-state index is -0.0749. The molecule has 0 fully saturated rings. The molecule has 0 bridgehead atoms. The highest BCUT2D eigenvalue weighted by atomic mass is 16.5. The highest BCUT2D eigenvalue weighted by Gasteiger charge is 2.05. The quantitative estimate of drug-likeness (QED) is 0.729. The van der Waals surface area contributed by atoms with Crippen LogP contribution in [0.4, 0.5) is 11.5 Å². The molecule has 0 saturated heterocycles. The number of para-hydroxylation sites is 1. The molecule has 0 atom stereocenters. The Morgan fingerprint density at radius 1 is 1.12 bits per heavy atom. The zero-order valence-corrected chi connectivity index (χ0v) is 13.3. The first-order chi connectivity index (χ1) is 11.8. The van der Waals surface area contributed by atoms with Crippen molar-refractivity contribution in [3.8, 4) is 5.75 Å². The SMILES string of the molecule is COc1cccc(NC(=O)CCNc2ncnc3ccccc23)c1. The fourth-order valence-corrected chi connectivity index (χ4v) is 2.36. The summed E-state index contributed by atoms with van der Waals surface area (Å²) in [6.45, 7) is 0.483. The third-order valence-corrected chi connectivity index (χ3v) is 3.54. The van der Waals surface area contributed by atoms with Crippen LogP contribution >= 0.6 is 0 Å². The summed E-state index contributed by atoms with van der Waals surface area (Å²) in [7, 11) is 1.59. The Kier molecular flexibility index (Phi) is 4.86. The Balaban J connectivity index is 1.56. The second-order valence-electron chi connectivity index (χ2n) is 5.20. The number of methoxy groups -OCH3 is 1. The molecule has 3 aromatic rings. The van der Waals surface area contributed by atoms with E-state index in [9.17, 15) is 4.79 Å². The van der Waals surface area contributed by atoms with E-state index in [0.717, 1.165) is 16.7 Å². The minimum absolute atomic E-state index is 0.0749. The van der Waals surface area contributed by atoms with E-state index in [1.165, 1.54) is 6.33 Å². The van der Waals surface area contributed by atoms with Gasteiger partial charge in [0.05, 0.1) is 12.6 Å². The van der Waals surface area contributed by atoms with Gasteiger partial charge in [-0.25, -0.2) is 9.97 Å². The van der Waals surface area contributed by atoms with Crippen molar-refractivity contribution >= 4 is 28.3 Å². The van der Waals surface area contributed by atoms with E-state index >= 15 is 0 Å². The van der Waals surface area contributed by atoms with Crippen LogP contribution in [0, 0.1) is 0 Å². The molecule has 0 spiro atoms. The van der Waals surface area contributed by atoms with Gasteiger partial charge in [0.1, 0.15) is 17.9 Å². The summed E-state index contributed by atoms with van der Waals surface area (Å²) in [5.74, 6) is 1.36. The average Bonchev–Trinajstić information content (AvgIpc) is 2.62. The maximum atomic E-state index is 12.0. The summed E-state index contributed by atoms with van der Waals surface area (Å²) in [4.78, 5) is 20.5. The van der Waals surface area contributed by atoms with Gasteiger partial charge in [0.25, 0.3) is 0 Å². The van der Waals surface area contributed by atoms with Crippen LogP contribution in [0.3, 0.4) is 0 Å². The molecular weight excluding hydrogens is 304 g/mol. The Morgan fingerprint density at radius 3 is 2.88 bits per heavy atom. The van der Waals surface area contributed by atoms with E-state index in [1.54, 1.807) is 13.2 Å². The zero-order valence-electron chi connectivity index (χ0n) is 13.3. The van der Waals surface area contributed by atoms with Gasteiger partial charge in [0.2, 0.25) is 5.91 Å². The summed E-state index contributed by atoms with van der Waals surface area (Å²) in [5.41, 5.74) is 1.59. The lowest BCUT2D eigenvalue weighted by Crippen LogP contribution is -2.16. The number of amides is 1. The number of carbonyl (C=O) groups is 1. The van der Waals surface area contributed by atoms with Gasteiger partial charge in [-0.05, 0) is 24.3 Å². The van der Waals surface area contributed by atoms with Crippen molar-refractivity contribution in [2.75, 3.05) is 24.3 Å². The highest BCUT2D eigenvalue weighted by Crippen LogP contribution is 2.19. The molecule has 6 heteroatoms. The molecule has 1 amide bonds. The molecule has 0 aliphatic heterocycles. The Morgan fingerprint density at radius 2 is 2.00 bits per heavy atom. The summed E-state index contributed by atoms with van der Waals surface area (Å²) < 4.78 is 5.14. The standard InChI is InChI=1S/C18H18N4O2/c1-24-14-6-4-5-13(11-14)22-17(23)9-10-19-18-15-7-2-3-8-16(15)20-12-21-18/h2-8,11-12H,9-10H2,1H3,(H,22,23)(H,19,20,21). The van der Waals surface area contributed by atoms with Gasteiger partial charge >= 0.3 is 0 Å². The third kappa shape index (κ3) is 3.78. The smallest absolute Gasteiger partial charge is 0.226 e. The summed E-state index contributed by atoms with van der Waals surface area (Å²) in [5, 5.41) is 6.98. The summed E-state index contributed by atoms with van der Waals surface area (Å²) >= 11 is 0. The Bertz CT molecular complexity index is 846. The lowest BCUT2D eigenvalue weighted by molar-refractivity contribution is -0.115. The van der Waals surface area contributed by atoms with E-state index in [2.05, 4.69) is 20.6 Å². The number of nitrogens with one attached hydrogen (secondary N) is 2. The molecule has 3 rings (SSSR count). The molecule has 0 radical (unpaired) electrons. The molecule has 2 aromatic carbocycles. The maximum Gasteiger partial charge on any atom is 0.226 e. The van der Waals surface area contributed by atoms with E-state index in [0.29, 0.717) is 24.4 Å². The molecular formula is C18H18N4O2. The van der Waals surface area contributed by atoms with E-state index < -0.39 is 0 Å². The average molecular weight is 322 g/mol. The van der Waals surface area contributed by atoms with E-state index in [4.69, 9.17) is 4.74 Å². The first-order valence-corrected chi connectivity index (χ1v) is 7.64. The fraction of sp³-hybridized carbons (Fsp3) is 0.167. The van der Waals surface area contributed by atoms with Crippen molar-refractivity contribution in [3.05, 3.63) is 54.9 Å². The lowest BCUT2D eigenvalue weighted by Gasteiger charge is -2.09. The van der Waals surface area contributed by atoms with E-state index in [1.807, 2.05) is 42.5 Å². The van der Waals surface area contributed by atoms with Gasteiger partial charge in [-0.15, -0.1) is 0 Å². The number of rotatable bonds is 6. The van der Waals surface area contributed by atoms with Crippen molar-refractivity contribution in [3.63, 3.8) is 0 Å². The molecule has 24 heavy (non-hydrogen) atoms. The first kappa shape index (κ1) is 15.7. The topological polar surface area (TPSA) is 76.1 Å². The summed E-state index contributed by atoms with van der Waals surface area (Å²) in [6, 6.07) is 15.0. The van der Waals surface area contributed by atoms with Crippen LogP contribution in [0.25, 0.3) is 10.9 Å². The van der Waals surface area contributed by atoms with Crippen LogP contribution in [0.2, 0.25) is 0 Å². The van der Waals surface area contributed by atoms with Crippen molar-refractivity contribution in [2.45, 2.75) is 6.42 Å². The van der Waals surface area contributed by atoms with Gasteiger partial charge in [-0.1, -0.05) is 18.2 Å². The second kappa shape index (κ2) is 7.41. The molecule has 0 aliphatic carbocycles. The molecule has 1 aromatic heterocycles.